The van der Waals surface area contributed by atoms with Gasteiger partial charge in [0.2, 0.25) is 17.2 Å². The highest BCUT2D eigenvalue weighted by molar-refractivity contribution is 6.30. The van der Waals surface area contributed by atoms with Crippen molar-refractivity contribution in [2.45, 2.75) is 0 Å². The number of aromatic nitrogens is 3. The lowest BCUT2D eigenvalue weighted by molar-refractivity contribution is 1.07. The van der Waals surface area contributed by atoms with Gasteiger partial charge in [-0.05, 0) is 29.8 Å². The van der Waals surface area contributed by atoms with Crippen molar-refractivity contribution in [2.24, 2.45) is 0 Å². The first-order chi connectivity index (χ1) is 7.63. The molecule has 16 heavy (non-hydrogen) atoms. The Bertz CT molecular complexity index is 497. The van der Waals surface area contributed by atoms with Gasteiger partial charge in [-0.1, -0.05) is 17.7 Å². The molecule has 0 amide bonds. The number of nitrogen functional groups attached to an aromatic ring is 1. The first-order valence-corrected chi connectivity index (χ1v) is 5.09. The average molecular weight is 256 g/mol. The van der Waals surface area contributed by atoms with E-state index in [4.69, 9.17) is 28.9 Å². The van der Waals surface area contributed by atoms with Gasteiger partial charge in [0.1, 0.15) is 0 Å². The minimum Gasteiger partial charge on any atom is -0.368 e. The van der Waals surface area contributed by atoms with Crippen molar-refractivity contribution in [3.8, 4) is 0 Å². The van der Waals surface area contributed by atoms with Crippen LogP contribution in [0.25, 0.3) is 0 Å². The number of benzene rings is 1. The maximum absolute atomic E-state index is 5.83. The van der Waals surface area contributed by atoms with Crippen LogP contribution in [0.4, 0.5) is 17.6 Å². The lowest BCUT2D eigenvalue weighted by atomic mass is 10.3. The van der Waals surface area contributed by atoms with E-state index in [1.807, 2.05) is 6.07 Å². The van der Waals surface area contributed by atoms with E-state index in [0.717, 1.165) is 5.69 Å². The number of hydrogen-bond donors (Lipinski definition) is 2. The van der Waals surface area contributed by atoms with Gasteiger partial charge in [-0.2, -0.15) is 15.0 Å². The highest BCUT2D eigenvalue weighted by atomic mass is 35.5. The van der Waals surface area contributed by atoms with E-state index in [-0.39, 0.29) is 17.2 Å². The summed E-state index contributed by atoms with van der Waals surface area (Å²) in [5.41, 5.74) is 6.17. The van der Waals surface area contributed by atoms with Gasteiger partial charge in [0.15, 0.2) is 0 Å². The van der Waals surface area contributed by atoms with Crippen LogP contribution in [0.5, 0.6) is 0 Å². The van der Waals surface area contributed by atoms with E-state index in [1.54, 1.807) is 18.2 Å². The summed E-state index contributed by atoms with van der Waals surface area (Å²) in [6, 6.07) is 7.12. The average Bonchev–Trinajstić information content (AvgIpc) is 2.15. The van der Waals surface area contributed by atoms with Crippen LogP contribution < -0.4 is 11.1 Å². The third-order valence-corrected chi connectivity index (χ3v) is 2.11. The molecule has 0 aliphatic carbocycles. The molecular formula is C9H7Cl2N5. The van der Waals surface area contributed by atoms with Crippen LogP contribution in [-0.2, 0) is 0 Å². The van der Waals surface area contributed by atoms with Crippen molar-refractivity contribution in [1.29, 1.82) is 0 Å². The zero-order chi connectivity index (χ0) is 11.5. The lowest BCUT2D eigenvalue weighted by Crippen LogP contribution is -2.03. The molecule has 0 saturated carbocycles. The van der Waals surface area contributed by atoms with Crippen molar-refractivity contribution < 1.29 is 0 Å². The molecule has 0 atom stereocenters. The molecule has 2 aromatic rings. The van der Waals surface area contributed by atoms with Gasteiger partial charge in [0.25, 0.3) is 0 Å². The molecule has 2 rings (SSSR count). The van der Waals surface area contributed by atoms with Crippen LogP contribution in [0.1, 0.15) is 0 Å². The van der Waals surface area contributed by atoms with Crippen LogP contribution in [-0.4, -0.2) is 15.0 Å². The summed E-state index contributed by atoms with van der Waals surface area (Å²) in [4.78, 5) is 11.4. The summed E-state index contributed by atoms with van der Waals surface area (Å²) in [7, 11) is 0. The van der Waals surface area contributed by atoms with E-state index in [9.17, 15) is 0 Å². The van der Waals surface area contributed by atoms with E-state index in [1.165, 1.54) is 0 Å². The Morgan fingerprint density at radius 3 is 2.62 bits per heavy atom. The third kappa shape index (κ3) is 2.71. The first kappa shape index (κ1) is 10.9. The minimum atomic E-state index is 0.0389. The van der Waals surface area contributed by atoms with Crippen molar-refractivity contribution in [2.75, 3.05) is 11.1 Å². The zero-order valence-electron chi connectivity index (χ0n) is 7.98. The summed E-state index contributed by atoms with van der Waals surface area (Å²) in [6.45, 7) is 0. The van der Waals surface area contributed by atoms with Gasteiger partial charge in [0.05, 0.1) is 0 Å². The quantitative estimate of drug-likeness (QED) is 0.863. The summed E-state index contributed by atoms with van der Waals surface area (Å²) in [5, 5.41) is 3.56. The topological polar surface area (TPSA) is 76.7 Å². The van der Waals surface area contributed by atoms with Gasteiger partial charge < -0.3 is 11.1 Å². The fraction of sp³-hybridized carbons (Fsp3) is 0. The molecule has 7 heteroatoms. The van der Waals surface area contributed by atoms with E-state index < -0.39 is 0 Å². The summed E-state index contributed by atoms with van der Waals surface area (Å²) in [6.07, 6.45) is 0. The number of rotatable bonds is 2. The number of nitrogens with zero attached hydrogens (tertiary/aromatic N) is 3. The largest absolute Gasteiger partial charge is 0.368 e. The number of hydrogen-bond acceptors (Lipinski definition) is 5. The second kappa shape index (κ2) is 4.51. The van der Waals surface area contributed by atoms with Gasteiger partial charge in [0, 0.05) is 10.7 Å². The smallest absolute Gasteiger partial charge is 0.233 e. The predicted octanol–water partition coefficient (Wildman–Crippen LogP) is 2.50. The Balaban J connectivity index is 2.27. The lowest BCUT2D eigenvalue weighted by Gasteiger charge is -2.05. The molecule has 0 aliphatic heterocycles. The maximum Gasteiger partial charge on any atom is 0.233 e. The number of halogens is 2. The minimum absolute atomic E-state index is 0.0389. The fourth-order valence-corrected chi connectivity index (χ4v) is 1.47. The molecule has 0 aliphatic rings. The molecule has 0 radical (unpaired) electrons. The van der Waals surface area contributed by atoms with Gasteiger partial charge in [-0.15, -0.1) is 0 Å². The molecule has 1 aromatic carbocycles. The maximum atomic E-state index is 5.83. The van der Waals surface area contributed by atoms with Crippen LogP contribution in [0.2, 0.25) is 10.3 Å². The van der Waals surface area contributed by atoms with Crippen LogP contribution >= 0.6 is 23.2 Å². The highest BCUT2D eigenvalue weighted by Gasteiger charge is 2.02. The van der Waals surface area contributed by atoms with Crippen molar-refractivity contribution in [3.63, 3.8) is 0 Å². The van der Waals surface area contributed by atoms with Crippen LogP contribution in [0, 0.1) is 0 Å². The van der Waals surface area contributed by atoms with Crippen molar-refractivity contribution in [3.05, 3.63) is 34.6 Å². The Hall–Kier alpha value is -1.59. The van der Waals surface area contributed by atoms with Gasteiger partial charge in [-0.25, -0.2) is 0 Å². The Morgan fingerprint density at radius 1 is 1.12 bits per heavy atom. The van der Waals surface area contributed by atoms with E-state index in [0.29, 0.717) is 5.02 Å². The molecular weight excluding hydrogens is 249 g/mol. The SMILES string of the molecule is Nc1nc(Cl)nc(Nc2cccc(Cl)c2)n1. The number of nitrogens with two attached hydrogens (primary N) is 1. The van der Waals surface area contributed by atoms with E-state index in [2.05, 4.69) is 20.3 Å². The zero-order valence-corrected chi connectivity index (χ0v) is 9.50. The molecule has 0 spiro atoms. The Morgan fingerprint density at radius 2 is 1.94 bits per heavy atom. The fourth-order valence-electron chi connectivity index (χ4n) is 1.12. The van der Waals surface area contributed by atoms with Crippen molar-refractivity contribution >= 4 is 40.8 Å². The second-order valence-electron chi connectivity index (χ2n) is 2.92. The van der Waals surface area contributed by atoms with Crippen LogP contribution in [0.3, 0.4) is 0 Å². The second-order valence-corrected chi connectivity index (χ2v) is 3.70. The number of anilines is 3. The van der Waals surface area contributed by atoms with Crippen molar-refractivity contribution in [1.82, 2.24) is 15.0 Å². The molecule has 1 heterocycles. The molecule has 5 nitrogen and oxygen atoms in total. The Kier molecular flexibility index (Phi) is 3.07. The number of nitrogens with one attached hydrogen (secondary N) is 1. The highest BCUT2D eigenvalue weighted by Crippen LogP contribution is 2.18. The van der Waals surface area contributed by atoms with Crippen LogP contribution in [0.15, 0.2) is 24.3 Å². The Labute approximate surface area is 102 Å². The van der Waals surface area contributed by atoms with Gasteiger partial charge >= 0.3 is 0 Å². The summed E-state index contributed by atoms with van der Waals surface area (Å²) >= 11 is 11.5. The predicted molar refractivity (Wildman–Crippen MR) is 64.0 cm³/mol. The van der Waals surface area contributed by atoms with E-state index >= 15 is 0 Å². The molecule has 82 valence electrons. The molecule has 3 N–H and O–H groups in total. The third-order valence-electron chi connectivity index (χ3n) is 1.71. The molecule has 0 unspecified atom stereocenters. The summed E-state index contributed by atoms with van der Waals surface area (Å²) < 4.78 is 0. The van der Waals surface area contributed by atoms with Gasteiger partial charge in [-0.3, -0.25) is 0 Å². The monoisotopic (exact) mass is 255 g/mol. The first-order valence-electron chi connectivity index (χ1n) is 4.33. The molecule has 0 fully saturated rings. The molecule has 0 bridgehead atoms. The molecule has 0 saturated heterocycles. The normalized spacial score (nSPS) is 10.1. The molecule has 1 aromatic heterocycles. The summed E-state index contributed by atoms with van der Waals surface area (Å²) in [5.74, 6) is 0.337. The standard InChI is InChI=1S/C9H7Cl2N5/c10-5-2-1-3-6(4-5)13-9-15-7(11)14-8(12)16-9/h1-4H,(H3,12,13,14,15,16).